The zero-order valence-electron chi connectivity index (χ0n) is 11.3. The van der Waals surface area contributed by atoms with Gasteiger partial charge in [0, 0.05) is 31.8 Å². The molecule has 2 rings (SSSR count). The molecule has 0 N–H and O–H groups in total. The highest BCUT2D eigenvalue weighted by Crippen LogP contribution is 2.01. The number of rotatable bonds is 4. The number of halogens is 1. The van der Waals surface area contributed by atoms with Gasteiger partial charge in [0.15, 0.2) is 18.9 Å². The van der Waals surface area contributed by atoms with Crippen molar-refractivity contribution < 1.29 is 17.0 Å². The third-order valence-corrected chi connectivity index (χ3v) is 2.69. The zero-order chi connectivity index (χ0) is 12.8. The summed E-state index contributed by atoms with van der Waals surface area (Å²) in [5, 5.41) is 0. The topological polar surface area (TPSA) is 7.12 Å². The van der Waals surface area contributed by atoms with Gasteiger partial charge in [-0.15, -0.1) is 0 Å². The van der Waals surface area contributed by atoms with E-state index in [4.69, 9.17) is 0 Å². The molecule has 0 atom stereocenters. The molecule has 100 valence electrons. The fourth-order valence-electron chi connectivity index (χ4n) is 1.71. The molecule has 2 aromatic rings. The summed E-state index contributed by atoms with van der Waals surface area (Å²) < 4.78 is 2.18. The van der Waals surface area contributed by atoms with Crippen LogP contribution in [0.1, 0.15) is 11.1 Å². The Morgan fingerprint density at radius 1 is 1.00 bits per heavy atom. The number of hydrogen-bond donors (Lipinski definition) is 0. The van der Waals surface area contributed by atoms with E-state index < -0.39 is 0 Å². The van der Waals surface area contributed by atoms with Gasteiger partial charge in [-0.2, -0.15) is 0 Å². The molecule has 2 nitrogen and oxygen atoms in total. The molecule has 0 fully saturated rings. The molecular formula is C16H19ClN2. The summed E-state index contributed by atoms with van der Waals surface area (Å²) in [6.45, 7) is 0.915. The third kappa shape index (κ3) is 5.14. The summed E-state index contributed by atoms with van der Waals surface area (Å²) in [6, 6.07) is 14.7. The molecule has 0 spiro atoms. The van der Waals surface area contributed by atoms with Crippen LogP contribution in [0.3, 0.4) is 0 Å². The number of pyridine rings is 1. The first kappa shape index (κ1) is 15.3. The van der Waals surface area contributed by atoms with E-state index in [0.717, 1.165) is 6.54 Å². The maximum Gasteiger partial charge on any atom is 0.173 e. The van der Waals surface area contributed by atoms with Crippen molar-refractivity contribution in [2.45, 2.75) is 6.54 Å². The largest absolute Gasteiger partial charge is 1.00 e. The smallest absolute Gasteiger partial charge is 0.173 e. The second kappa shape index (κ2) is 7.59. The van der Waals surface area contributed by atoms with Gasteiger partial charge < -0.3 is 17.3 Å². The van der Waals surface area contributed by atoms with E-state index in [1.807, 2.05) is 25.1 Å². The van der Waals surface area contributed by atoms with Crippen LogP contribution in [-0.4, -0.2) is 19.0 Å². The van der Waals surface area contributed by atoms with Crippen LogP contribution in [0.15, 0.2) is 61.1 Å². The van der Waals surface area contributed by atoms with Gasteiger partial charge in [-0.05, 0) is 17.8 Å². The minimum Gasteiger partial charge on any atom is -1.00 e. The van der Waals surface area contributed by atoms with E-state index in [2.05, 4.69) is 65.6 Å². The van der Waals surface area contributed by atoms with Gasteiger partial charge in [0.2, 0.25) is 0 Å². The molecule has 0 aliphatic carbocycles. The fraction of sp³-hybridized carbons (Fsp3) is 0.188. The molecular weight excluding hydrogens is 256 g/mol. The van der Waals surface area contributed by atoms with Gasteiger partial charge in [0.05, 0.1) is 0 Å². The van der Waals surface area contributed by atoms with Crippen molar-refractivity contribution >= 4 is 6.08 Å². The summed E-state index contributed by atoms with van der Waals surface area (Å²) in [4.78, 5) is 2.03. The summed E-state index contributed by atoms with van der Waals surface area (Å²) in [5.41, 5.74) is 2.53. The van der Waals surface area contributed by atoms with E-state index in [1.54, 1.807) is 0 Å². The zero-order valence-corrected chi connectivity index (χ0v) is 12.1. The molecule has 1 aromatic carbocycles. The predicted octanol–water partition coefficient (Wildman–Crippen LogP) is -0.441. The van der Waals surface area contributed by atoms with Gasteiger partial charge in [0.1, 0.15) is 0 Å². The normalized spacial score (nSPS) is 10.2. The first-order valence-corrected chi connectivity index (χ1v) is 6.12. The van der Waals surface area contributed by atoms with Crippen LogP contribution in [0.25, 0.3) is 6.08 Å². The highest BCUT2D eigenvalue weighted by atomic mass is 35.5. The van der Waals surface area contributed by atoms with E-state index in [0.29, 0.717) is 0 Å². The minimum absolute atomic E-state index is 0. The van der Waals surface area contributed by atoms with Gasteiger partial charge >= 0.3 is 0 Å². The Morgan fingerprint density at radius 3 is 2.21 bits per heavy atom. The van der Waals surface area contributed by atoms with Crippen LogP contribution in [-0.2, 0) is 6.54 Å². The lowest BCUT2D eigenvalue weighted by Crippen LogP contribution is -3.00. The van der Waals surface area contributed by atoms with Crippen molar-refractivity contribution in [2.24, 2.45) is 0 Å². The second-order valence-corrected chi connectivity index (χ2v) is 4.57. The molecule has 0 amide bonds. The maximum atomic E-state index is 2.18. The van der Waals surface area contributed by atoms with Gasteiger partial charge in [0.25, 0.3) is 0 Å². The van der Waals surface area contributed by atoms with E-state index in [-0.39, 0.29) is 12.4 Å². The SMILES string of the molecule is CN(C)/C=C/c1cc[n+](Cc2ccccc2)cc1.[Cl-]. The average molecular weight is 275 g/mol. The van der Waals surface area contributed by atoms with E-state index in [1.165, 1.54) is 11.1 Å². The summed E-state index contributed by atoms with van der Waals surface area (Å²) in [7, 11) is 4.05. The van der Waals surface area contributed by atoms with Crippen LogP contribution >= 0.6 is 0 Å². The molecule has 19 heavy (non-hydrogen) atoms. The van der Waals surface area contributed by atoms with Crippen molar-refractivity contribution in [3.8, 4) is 0 Å². The fourth-order valence-corrected chi connectivity index (χ4v) is 1.71. The maximum absolute atomic E-state index is 2.18. The van der Waals surface area contributed by atoms with Crippen molar-refractivity contribution in [2.75, 3.05) is 14.1 Å². The molecule has 0 radical (unpaired) electrons. The van der Waals surface area contributed by atoms with Crippen molar-refractivity contribution in [3.63, 3.8) is 0 Å². The number of nitrogens with zero attached hydrogens (tertiary/aromatic N) is 2. The van der Waals surface area contributed by atoms with Crippen LogP contribution in [0.4, 0.5) is 0 Å². The predicted molar refractivity (Wildman–Crippen MR) is 74.9 cm³/mol. The molecule has 1 heterocycles. The Labute approximate surface area is 121 Å². The Balaban J connectivity index is 0.00000180. The summed E-state index contributed by atoms with van der Waals surface area (Å²) >= 11 is 0. The first-order chi connectivity index (χ1) is 8.74. The standard InChI is InChI=1S/C16H19N2.ClH/c1-17(2)11-8-15-9-12-18(13-10-15)14-16-6-4-3-5-7-16;/h3-13H,14H2,1-2H3;1H/q+1;/p-1. The van der Waals surface area contributed by atoms with Gasteiger partial charge in [-0.1, -0.05) is 30.3 Å². The summed E-state index contributed by atoms with van der Waals surface area (Å²) in [5.74, 6) is 0. The molecule has 0 aliphatic heterocycles. The number of hydrogen-bond acceptors (Lipinski definition) is 1. The second-order valence-electron chi connectivity index (χ2n) is 4.57. The van der Waals surface area contributed by atoms with Gasteiger partial charge in [-0.25, -0.2) is 4.57 Å². The molecule has 1 aromatic heterocycles. The van der Waals surface area contributed by atoms with Crippen LogP contribution < -0.4 is 17.0 Å². The number of benzene rings is 1. The number of aromatic nitrogens is 1. The Bertz CT molecular complexity index is 504. The lowest BCUT2D eigenvalue weighted by atomic mass is 10.2. The van der Waals surface area contributed by atoms with Crippen molar-refractivity contribution in [3.05, 3.63) is 72.2 Å². The quantitative estimate of drug-likeness (QED) is 0.686. The van der Waals surface area contributed by atoms with E-state index in [9.17, 15) is 0 Å². The highest BCUT2D eigenvalue weighted by Gasteiger charge is 2.01. The third-order valence-electron chi connectivity index (χ3n) is 2.69. The molecule has 3 heteroatoms. The monoisotopic (exact) mass is 274 g/mol. The van der Waals surface area contributed by atoms with Crippen LogP contribution in [0, 0.1) is 0 Å². The van der Waals surface area contributed by atoms with Gasteiger partial charge in [-0.3, -0.25) is 0 Å². The lowest BCUT2D eigenvalue weighted by molar-refractivity contribution is -0.688. The van der Waals surface area contributed by atoms with Crippen LogP contribution in [0.5, 0.6) is 0 Å². The molecule has 0 saturated carbocycles. The molecule has 0 saturated heterocycles. The average Bonchev–Trinajstić information content (AvgIpc) is 2.39. The van der Waals surface area contributed by atoms with Crippen molar-refractivity contribution in [1.29, 1.82) is 0 Å². The summed E-state index contributed by atoms with van der Waals surface area (Å²) in [6.07, 6.45) is 8.38. The van der Waals surface area contributed by atoms with E-state index >= 15 is 0 Å². The Morgan fingerprint density at radius 2 is 1.63 bits per heavy atom. The highest BCUT2D eigenvalue weighted by molar-refractivity contribution is 5.46. The Hall–Kier alpha value is -1.80. The Kier molecular flexibility index (Phi) is 6.10. The van der Waals surface area contributed by atoms with Crippen LogP contribution in [0.2, 0.25) is 0 Å². The molecule has 0 aliphatic rings. The minimum atomic E-state index is 0. The molecule has 0 bridgehead atoms. The first-order valence-electron chi connectivity index (χ1n) is 6.12. The molecule has 0 unspecified atom stereocenters. The lowest BCUT2D eigenvalue weighted by Gasteiger charge is -2.02. The van der Waals surface area contributed by atoms with Crippen molar-refractivity contribution in [1.82, 2.24) is 4.90 Å².